The molecule has 0 rings (SSSR count). The molecule has 6 nitrogen and oxygen atoms in total. The molecule has 96 valence electrons. The fraction of sp³-hybridized carbons (Fsp3) is 0.727. The standard InChI is InChI=1S/C11H19N3O3/c1-11(2,10(16)17)14(4)8-9(15)13(3)7-5-6-12/h5,7-8H2,1-4H3,(H,16,17). The molecule has 1 amide bonds. The van der Waals surface area contributed by atoms with Gasteiger partial charge in [-0.2, -0.15) is 5.26 Å². The van der Waals surface area contributed by atoms with Crippen LogP contribution < -0.4 is 0 Å². The Kier molecular flexibility index (Phi) is 5.62. The summed E-state index contributed by atoms with van der Waals surface area (Å²) < 4.78 is 0. The zero-order valence-electron chi connectivity index (χ0n) is 10.7. The molecule has 0 aliphatic rings. The largest absolute Gasteiger partial charge is 0.480 e. The van der Waals surface area contributed by atoms with Gasteiger partial charge >= 0.3 is 5.97 Å². The van der Waals surface area contributed by atoms with Crippen molar-refractivity contribution in [2.75, 3.05) is 27.2 Å². The third-order valence-electron chi connectivity index (χ3n) is 2.83. The first kappa shape index (κ1) is 15.4. The van der Waals surface area contributed by atoms with E-state index < -0.39 is 11.5 Å². The molecule has 0 aliphatic heterocycles. The number of carbonyl (C=O) groups is 2. The minimum atomic E-state index is -1.09. The van der Waals surface area contributed by atoms with Gasteiger partial charge in [-0.15, -0.1) is 0 Å². The molecular formula is C11H19N3O3. The van der Waals surface area contributed by atoms with Crippen LogP contribution in [0.5, 0.6) is 0 Å². The van der Waals surface area contributed by atoms with Gasteiger partial charge in [0.25, 0.3) is 0 Å². The maximum Gasteiger partial charge on any atom is 0.323 e. The van der Waals surface area contributed by atoms with Crippen LogP contribution >= 0.6 is 0 Å². The zero-order chi connectivity index (χ0) is 13.6. The molecule has 0 heterocycles. The second-order valence-electron chi connectivity index (χ2n) is 4.44. The van der Waals surface area contributed by atoms with Crippen molar-refractivity contribution in [3.05, 3.63) is 0 Å². The lowest BCUT2D eigenvalue weighted by Crippen LogP contribution is -2.51. The molecular weight excluding hydrogens is 222 g/mol. The van der Waals surface area contributed by atoms with E-state index in [0.717, 1.165) is 0 Å². The van der Waals surface area contributed by atoms with Crippen molar-refractivity contribution in [1.82, 2.24) is 9.80 Å². The van der Waals surface area contributed by atoms with Gasteiger partial charge in [-0.3, -0.25) is 14.5 Å². The van der Waals surface area contributed by atoms with Gasteiger partial charge in [-0.05, 0) is 20.9 Å². The summed E-state index contributed by atoms with van der Waals surface area (Å²) in [4.78, 5) is 25.6. The van der Waals surface area contributed by atoms with Crippen molar-refractivity contribution in [1.29, 1.82) is 5.26 Å². The van der Waals surface area contributed by atoms with Crippen LogP contribution in [0.1, 0.15) is 20.3 Å². The number of carboxylic acid groups (broad SMARTS) is 1. The van der Waals surface area contributed by atoms with E-state index in [0.29, 0.717) is 6.54 Å². The van der Waals surface area contributed by atoms with Gasteiger partial charge in [0.05, 0.1) is 19.0 Å². The first-order chi connectivity index (χ1) is 7.73. The predicted octanol–water partition coefficient (Wildman–Crippen LogP) is 0.153. The van der Waals surface area contributed by atoms with Crippen molar-refractivity contribution in [2.45, 2.75) is 25.8 Å². The highest BCUT2D eigenvalue weighted by Crippen LogP contribution is 2.12. The third-order valence-corrected chi connectivity index (χ3v) is 2.83. The van der Waals surface area contributed by atoms with Crippen LogP contribution in [0.4, 0.5) is 0 Å². The van der Waals surface area contributed by atoms with E-state index in [1.807, 2.05) is 6.07 Å². The Balaban J connectivity index is 4.40. The molecule has 0 spiro atoms. The summed E-state index contributed by atoms with van der Waals surface area (Å²) >= 11 is 0. The highest BCUT2D eigenvalue weighted by molar-refractivity contribution is 5.81. The molecule has 0 unspecified atom stereocenters. The average molecular weight is 241 g/mol. The minimum absolute atomic E-state index is 0.0151. The van der Waals surface area contributed by atoms with E-state index in [-0.39, 0.29) is 18.9 Å². The number of rotatable bonds is 6. The van der Waals surface area contributed by atoms with Crippen LogP contribution in [0.3, 0.4) is 0 Å². The first-order valence-corrected chi connectivity index (χ1v) is 5.29. The molecule has 0 aromatic rings. The smallest absolute Gasteiger partial charge is 0.323 e. The van der Waals surface area contributed by atoms with Gasteiger partial charge in [0.1, 0.15) is 5.54 Å². The Labute approximate surface area is 101 Å². The first-order valence-electron chi connectivity index (χ1n) is 5.29. The van der Waals surface area contributed by atoms with E-state index in [9.17, 15) is 9.59 Å². The second kappa shape index (κ2) is 6.21. The molecule has 6 heteroatoms. The lowest BCUT2D eigenvalue weighted by molar-refractivity contribution is -0.149. The number of nitrogens with zero attached hydrogens (tertiary/aromatic N) is 3. The van der Waals surface area contributed by atoms with Gasteiger partial charge in [0.2, 0.25) is 5.91 Å². The molecule has 0 radical (unpaired) electrons. The highest BCUT2D eigenvalue weighted by Gasteiger charge is 2.33. The van der Waals surface area contributed by atoms with E-state index in [2.05, 4.69) is 0 Å². The molecule has 0 aromatic heterocycles. The van der Waals surface area contributed by atoms with Crippen molar-refractivity contribution in [3.8, 4) is 6.07 Å². The van der Waals surface area contributed by atoms with Crippen LogP contribution in [0.25, 0.3) is 0 Å². The van der Waals surface area contributed by atoms with Crippen molar-refractivity contribution < 1.29 is 14.7 Å². The van der Waals surface area contributed by atoms with Gasteiger partial charge in [-0.25, -0.2) is 0 Å². The minimum Gasteiger partial charge on any atom is -0.480 e. The molecule has 0 aromatic carbocycles. The Morgan fingerprint density at radius 2 is 1.88 bits per heavy atom. The Hall–Kier alpha value is -1.61. The maximum atomic E-state index is 11.7. The van der Waals surface area contributed by atoms with Crippen molar-refractivity contribution in [2.24, 2.45) is 0 Å². The van der Waals surface area contributed by atoms with Gasteiger partial charge in [-0.1, -0.05) is 0 Å². The number of nitriles is 1. The lowest BCUT2D eigenvalue weighted by atomic mass is 10.0. The second-order valence-corrected chi connectivity index (χ2v) is 4.44. The molecule has 0 fully saturated rings. The van der Waals surface area contributed by atoms with E-state index in [4.69, 9.17) is 10.4 Å². The normalized spacial score (nSPS) is 11.1. The fourth-order valence-corrected chi connectivity index (χ4v) is 1.03. The number of carboxylic acids is 1. The van der Waals surface area contributed by atoms with Gasteiger partial charge < -0.3 is 10.0 Å². The summed E-state index contributed by atoms with van der Waals surface area (Å²) in [6, 6.07) is 1.95. The topological polar surface area (TPSA) is 84.6 Å². The SMILES string of the molecule is CN(CCC#N)C(=O)CN(C)C(C)(C)C(=O)O. The number of aliphatic carboxylic acids is 1. The maximum absolute atomic E-state index is 11.7. The third kappa shape index (κ3) is 4.41. The highest BCUT2D eigenvalue weighted by atomic mass is 16.4. The summed E-state index contributed by atoms with van der Waals surface area (Å²) in [5.74, 6) is -1.18. The summed E-state index contributed by atoms with van der Waals surface area (Å²) in [5, 5.41) is 17.4. The zero-order valence-corrected chi connectivity index (χ0v) is 10.7. The number of amides is 1. The molecule has 0 bridgehead atoms. The van der Waals surface area contributed by atoms with E-state index >= 15 is 0 Å². The lowest BCUT2D eigenvalue weighted by Gasteiger charge is -2.32. The Morgan fingerprint density at radius 3 is 2.29 bits per heavy atom. The molecule has 0 saturated heterocycles. The Morgan fingerprint density at radius 1 is 1.35 bits per heavy atom. The van der Waals surface area contributed by atoms with Crippen molar-refractivity contribution >= 4 is 11.9 Å². The molecule has 17 heavy (non-hydrogen) atoms. The monoisotopic (exact) mass is 241 g/mol. The van der Waals surface area contributed by atoms with Gasteiger partial charge in [0, 0.05) is 13.6 Å². The number of likely N-dealkylation sites (N-methyl/N-ethyl adjacent to an activating group) is 2. The van der Waals surface area contributed by atoms with Crippen molar-refractivity contribution in [3.63, 3.8) is 0 Å². The number of hydrogen-bond acceptors (Lipinski definition) is 4. The van der Waals surface area contributed by atoms with Crippen LogP contribution in [-0.4, -0.2) is 59.5 Å². The van der Waals surface area contributed by atoms with Gasteiger partial charge in [0.15, 0.2) is 0 Å². The summed E-state index contributed by atoms with van der Waals surface area (Å²) in [7, 11) is 3.19. The number of carbonyl (C=O) groups excluding carboxylic acids is 1. The summed E-state index contributed by atoms with van der Waals surface area (Å²) in [5.41, 5.74) is -1.09. The molecule has 0 saturated carbocycles. The van der Waals surface area contributed by atoms with Crippen LogP contribution in [0.15, 0.2) is 0 Å². The summed E-state index contributed by atoms with van der Waals surface area (Å²) in [6.45, 7) is 3.45. The molecule has 0 atom stereocenters. The van der Waals surface area contributed by atoms with Crippen LogP contribution in [0, 0.1) is 11.3 Å². The summed E-state index contributed by atoms with van der Waals surface area (Å²) in [6.07, 6.45) is 0.272. The van der Waals surface area contributed by atoms with Crippen LogP contribution in [0.2, 0.25) is 0 Å². The molecule has 0 aliphatic carbocycles. The predicted molar refractivity (Wildman–Crippen MR) is 62.2 cm³/mol. The average Bonchev–Trinajstić information content (AvgIpc) is 2.25. The fourth-order valence-electron chi connectivity index (χ4n) is 1.03. The Bertz CT molecular complexity index is 333. The number of hydrogen-bond donors (Lipinski definition) is 1. The van der Waals surface area contributed by atoms with E-state index in [1.54, 1.807) is 14.1 Å². The van der Waals surface area contributed by atoms with E-state index in [1.165, 1.54) is 23.6 Å². The quantitative estimate of drug-likeness (QED) is 0.715. The van der Waals surface area contributed by atoms with Crippen LogP contribution in [-0.2, 0) is 9.59 Å². The molecule has 1 N–H and O–H groups in total.